The van der Waals surface area contributed by atoms with Gasteiger partial charge in [-0.25, -0.2) is 4.79 Å². The Kier molecular flexibility index (Phi) is 5.01. The van der Waals surface area contributed by atoms with Gasteiger partial charge in [0.05, 0.1) is 11.6 Å². The third-order valence-electron chi connectivity index (χ3n) is 2.98. The lowest BCUT2D eigenvalue weighted by atomic mass is 10.2. The molecule has 0 aliphatic carbocycles. The molecular weight excluding hydrogens is 284 g/mol. The van der Waals surface area contributed by atoms with E-state index in [2.05, 4.69) is 11.2 Å². The van der Waals surface area contributed by atoms with Crippen LogP contribution in [0.4, 0.5) is 4.79 Å². The van der Waals surface area contributed by atoms with Crippen molar-refractivity contribution in [3.63, 3.8) is 0 Å². The van der Waals surface area contributed by atoms with Gasteiger partial charge in [-0.2, -0.15) is 15.0 Å². The van der Waals surface area contributed by atoms with Gasteiger partial charge in [-0.05, 0) is 38.1 Å². The van der Waals surface area contributed by atoms with Crippen molar-refractivity contribution in [2.45, 2.75) is 23.8 Å². The Hall–Kier alpha value is -2.26. The first-order valence-electron chi connectivity index (χ1n) is 6.71. The van der Waals surface area contributed by atoms with Crippen molar-refractivity contribution in [1.82, 2.24) is 14.7 Å². The predicted molar refractivity (Wildman–Crippen MR) is 81.2 cm³/mol. The van der Waals surface area contributed by atoms with E-state index >= 15 is 0 Å². The third kappa shape index (κ3) is 3.64. The summed E-state index contributed by atoms with van der Waals surface area (Å²) in [6, 6.07) is 11.1. The summed E-state index contributed by atoms with van der Waals surface area (Å²) in [5.41, 5.74) is 0.610. The highest BCUT2D eigenvalue weighted by Gasteiger charge is 2.13. The van der Waals surface area contributed by atoms with Crippen LogP contribution >= 0.6 is 11.8 Å². The van der Waals surface area contributed by atoms with Gasteiger partial charge in [0, 0.05) is 24.2 Å². The molecule has 2 aromatic rings. The Morgan fingerprint density at radius 2 is 2.14 bits per heavy atom. The van der Waals surface area contributed by atoms with Crippen LogP contribution in [0.15, 0.2) is 46.5 Å². The number of carbonyl (C=O) groups is 1. The van der Waals surface area contributed by atoms with E-state index in [9.17, 15) is 4.79 Å². The summed E-state index contributed by atoms with van der Waals surface area (Å²) in [6.07, 6.45) is 1.66. The van der Waals surface area contributed by atoms with E-state index in [1.807, 2.05) is 26.0 Å². The standard InChI is InChI=1S/C15H16N4OS/c1-3-18(4-2)15(20)19-9-8-14(17-19)21-13-7-5-6-12(10-13)11-16/h5-10H,3-4H2,1-2H3. The Morgan fingerprint density at radius 3 is 2.81 bits per heavy atom. The van der Waals surface area contributed by atoms with E-state index in [1.165, 1.54) is 16.4 Å². The zero-order valence-corrected chi connectivity index (χ0v) is 12.8. The third-order valence-corrected chi connectivity index (χ3v) is 3.90. The van der Waals surface area contributed by atoms with Gasteiger partial charge in [0.15, 0.2) is 0 Å². The molecule has 1 aromatic heterocycles. The highest BCUT2D eigenvalue weighted by atomic mass is 32.2. The second-order valence-electron chi connectivity index (χ2n) is 4.30. The quantitative estimate of drug-likeness (QED) is 0.869. The Bertz CT molecular complexity index is 670. The maximum absolute atomic E-state index is 12.1. The number of aromatic nitrogens is 2. The Morgan fingerprint density at radius 1 is 1.38 bits per heavy atom. The van der Waals surface area contributed by atoms with Crippen molar-refractivity contribution in [2.24, 2.45) is 0 Å². The number of nitriles is 1. The van der Waals surface area contributed by atoms with Gasteiger partial charge in [-0.3, -0.25) is 0 Å². The molecule has 1 amide bonds. The van der Waals surface area contributed by atoms with Crippen molar-refractivity contribution >= 4 is 17.8 Å². The van der Waals surface area contributed by atoms with Crippen LogP contribution in [0.1, 0.15) is 19.4 Å². The molecule has 0 aliphatic heterocycles. The van der Waals surface area contributed by atoms with Crippen molar-refractivity contribution in [2.75, 3.05) is 13.1 Å². The SMILES string of the molecule is CCN(CC)C(=O)n1ccc(Sc2cccc(C#N)c2)n1. The summed E-state index contributed by atoms with van der Waals surface area (Å²) in [4.78, 5) is 14.8. The lowest BCUT2D eigenvalue weighted by Gasteiger charge is -2.17. The van der Waals surface area contributed by atoms with Crippen LogP contribution in [0, 0.1) is 11.3 Å². The van der Waals surface area contributed by atoms with Crippen LogP contribution < -0.4 is 0 Å². The summed E-state index contributed by atoms with van der Waals surface area (Å²) in [5, 5.41) is 13.9. The van der Waals surface area contributed by atoms with Crippen LogP contribution in [0.5, 0.6) is 0 Å². The van der Waals surface area contributed by atoms with Crippen LogP contribution in [0.25, 0.3) is 0 Å². The highest BCUT2D eigenvalue weighted by Crippen LogP contribution is 2.26. The average molecular weight is 300 g/mol. The highest BCUT2D eigenvalue weighted by molar-refractivity contribution is 7.99. The first kappa shape index (κ1) is 15.1. The van der Waals surface area contributed by atoms with Crippen molar-refractivity contribution < 1.29 is 4.79 Å². The van der Waals surface area contributed by atoms with Crippen LogP contribution in [-0.2, 0) is 0 Å². The molecule has 0 saturated heterocycles. The normalized spacial score (nSPS) is 10.1. The molecular formula is C15H16N4OS. The molecule has 0 bridgehead atoms. The molecule has 0 fully saturated rings. The number of hydrogen-bond donors (Lipinski definition) is 0. The number of hydrogen-bond acceptors (Lipinski definition) is 4. The second kappa shape index (κ2) is 6.95. The summed E-state index contributed by atoms with van der Waals surface area (Å²) >= 11 is 1.43. The summed E-state index contributed by atoms with van der Waals surface area (Å²) in [7, 11) is 0. The number of nitrogens with zero attached hydrogens (tertiary/aromatic N) is 4. The summed E-state index contributed by atoms with van der Waals surface area (Å²) < 4.78 is 1.35. The first-order valence-corrected chi connectivity index (χ1v) is 7.52. The molecule has 1 heterocycles. The molecule has 0 N–H and O–H groups in total. The van der Waals surface area contributed by atoms with Crippen LogP contribution in [0.2, 0.25) is 0 Å². The van der Waals surface area contributed by atoms with Gasteiger partial charge in [-0.1, -0.05) is 17.8 Å². The molecule has 0 radical (unpaired) electrons. The minimum atomic E-state index is -0.127. The minimum absolute atomic E-state index is 0.127. The van der Waals surface area contributed by atoms with Gasteiger partial charge >= 0.3 is 6.03 Å². The minimum Gasteiger partial charge on any atom is -0.323 e. The van der Waals surface area contributed by atoms with E-state index in [0.717, 1.165) is 9.92 Å². The largest absolute Gasteiger partial charge is 0.344 e. The van der Waals surface area contributed by atoms with Crippen LogP contribution in [-0.4, -0.2) is 33.8 Å². The van der Waals surface area contributed by atoms with E-state index in [0.29, 0.717) is 18.7 Å². The number of benzene rings is 1. The topological polar surface area (TPSA) is 61.9 Å². The van der Waals surface area contributed by atoms with Gasteiger partial charge in [0.25, 0.3) is 0 Å². The van der Waals surface area contributed by atoms with E-state index in [-0.39, 0.29) is 6.03 Å². The van der Waals surface area contributed by atoms with Crippen molar-refractivity contribution in [1.29, 1.82) is 5.26 Å². The molecule has 0 spiro atoms. The summed E-state index contributed by atoms with van der Waals surface area (Å²) in [6.45, 7) is 5.19. The maximum atomic E-state index is 12.1. The molecule has 0 aliphatic rings. The molecule has 5 nitrogen and oxygen atoms in total. The number of rotatable bonds is 4. The number of carbonyl (C=O) groups excluding carboxylic acids is 1. The lowest BCUT2D eigenvalue weighted by Crippen LogP contribution is -2.34. The maximum Gasteiger partial charge on any atom is 0.344 e. The fourth-order valence-electron chi connectivity index (χ4n) is 1.86. The molecule has 6 heteroatoms. The van der Waals surface area contributed by atoms with Gasteiger partial charge in [0.1, 0.15) is 5.03 Å². The molecule has 0 unspecified atom stereocenters. The lowest BCUT2D eigenvalue weighted by molar-refractivity contribution is 0.201. The monoisotopic (exact) mass is 300 g/mol. The fourth-order valence-corrected chi connectivity index (χ4v) is 2.69. The second-order valence-corrected chi connectivity index (χ2v) is 5.39. The van der Waals surface area contributed by atoms with Crippen molar-refractivity contribution in [3.8, 4) is 6.07 Å². The zero-order valence-electron chi connectivity index (χ0n) is 12.0. The fraction of sp³-hybridized carbons (Fsp3) is 0.267. The van der Waals surface area contributed by atoms with E-state index < -0.39 is 0 Å². The van der Waals surface area contributed by atoms with Crippen LogP contribution in [0.3, 0.4) is 0 Å². The summed E-state index contributed by atoms with van der Waals surface area (Å²) in [5.74, 6) is 0. The molecule has 108 valence electrons. The average Bonchev–Trinajstić information content (AvgIpc) is 2.97. The smallest absolute Gasteiger partial charge is 0.323 e. The molecule has 0 saturated carbocycles. The Balaban J connectivity index is 2.13. The first-order chi connectivity index (χ1) is 10.2. The van der Waals surface area contributed by atoms with E-state index in [1.54, 1.807) is 29.3 Å². The number of amides is 1. The van der Waals surface area contributed by atoms with Gasteiger partial charge in [-0.15, -0.1) is 0 Å². The zero-order chi connectivity index (χ0) is 15.2. The van der Waals surface area contributed by atoms with Gasteiger partial charge < -0.3 is 4.90 Å². The molecule has 2 rings (SSSR count). The molecule has 1 aromatic carbocycles. The van der Waals surface area contributed by atoms with Crippen molar-refractivity contribution in [3.05, 3.63) is 42.1 Å². The Labute approximate surface area is 128 Å². The predicted octanol–water partition coefficient (Wildman–Crippen LogP) is 3.22. The van der Waals surface area contributed by atoms with E-state index in [4.69, 9.17) is 5.26 Å². The molecule has 21 heavy (non-hydrogen) atoms. The molecule has 0 atom stereocenters. The van der Waals surface area contributed by atoms with Gasteiger partial charge in [0.2, 0.25) is 0 Å².